The normalized spacial score (nSPS) is 19.3. The highest BCUT2D eigenvalue weighted by Gasteiger charge is 2.42. The Morgan fingerprint density at radius 1 is 1.31 bits per heavy atom. The van der Waals surface area contributed by atoms with Crippen molar-refractivity contribution in [2.45, 2.75) is 44.4 Å². The topological polar surface area (TPSA) is 50.2 Å². The highest BCUT2D eigenvalue weighted by molar-refractivity contribution is 5.80. The third-order valence-electron chi connectivity index (χ3n) is 3.50. The summed E-state index contributed by atoms with van der Waals surface area (Å²) in [5.41, 5.74) is 0.896. The number of carbonyl (C=O) groups is 1. The van der Waals surface area contributed by atoms with Crippen LogP contribution < -0.4 is 0 Å². The standard InChI is InChI=1S/C13H17NO2/c1-10-6-5-7-11(14-10)13(12(15)16)8-3-2-4-9-13/h5-7H,2-4,8-9H2,1H3,(H,15,16). The molecule has 1 aromatic heterocycles. The molecule has 0 spiro atoms. The molecule has 3 nitrogen and oxygen atoms in total. The second-order valence-electron chi connectivity index (χ2n) is 4.61. The van der Waals surface area contributed by atoms with Crippen LogP contribution in [-0.4, -0.2) is 16.1 Å². The Morgan fingerprint density at radius 2 is 2.00 bits per heavy atom. The number of carboxylic acid groups (broad SMARTS) is 1. The minimum Gasteiger partial charge on any atom is -0.481 e. The van der Waals surface area contributed by atoms with Gasteiger partial charge in [0.15, 0.2) is 0 Å². The summed E-state index contributed by atoms with van der Waals surface area (Å²) in [7, 11) is 0. The van der Waals surface area contributed by atoms with Gasteiger partial charge in [-0.15, -0.1) is 0 Å². The SMILES string of the molecule is Cc1cccc(C2(C(=O)O)CCCCC2)n1. The number of carboxylic acids is 1. The molecule has 0 aliphatic heterocycles. The predicted octanol–water partition coefficient (Wildman–Crippen LogP) is 2.68. The van der Waals surface area contributed by atoms with Crippen LogP contribution in [0.3, 0.4) is 0 Å². The number of rotatable bonds is 2. The van der Waals surface area contributed by atoms with Gasteiger partial charge in [-0.1, -0.05) is 25.3 Å². The largest absolute Gasteiger partial charge is 0.481 e. The van der Waals surface area contributed by atoms with Crippen LogP contribution in [-0.2, 0) is 10.2 Å². The van der Waals surface area contributed by atoms with E-state index >= 15 is 0 Å². The monoisotopic (exact) mass is 219 g/mol. The molecule has 0 unspecified atom stereocenters. The van der Waals surface area contributed by atoms with Gasteiger partial charge in [0, 0.05) is 5.69 Å². The minimum atomic E-state index is -0.732. The van der Waals surface area contributed by atoms with E-state index in [2.05, 4.69) is 4.98 Å². The van der Waals surface area contributed by atoms with E-state index in [1.54, 1.807) is 0 Å². The summed E-state index contributed by atoms with van der Waals surface area (Å²) >= 11 is 0. The Morgan fingerprint density at radius 3 is 2.56 bits per heavy atom. The van der Waals surface area contributed by atoms with Crippen molar-refractivity contribution >= 4 is 5.97 Å². The molecule has 1 fully saturated rings. The number of hydrogen-bond acceptors (Lipinski definition) is 2. The average Bonchev–Trinajstić information content (AvgIpc) is 2.30. The van der Waals surface area contributed by atoms with Crippen molar-refractivity contribution < 1.29 is 9.90 Å². The number of hydrogen-bond donors (Lipinski definition) is 1. The van der Waals surface area contributed by atoms with Gasteiger partial charge >= 0.3 is 5.97 Å². The van der Waals surface area contributed by atoms with E-state index in [1.165, 1.54) is 0 Å². The van der Waals surface area contributed by atoms with E-state index < -0.39 is 11.4 Å². The van der Waals surface area contributed by atoms with Gasteiger partial charge in [-0.25, -0.2) is 0 Å². The van der Waals surface area contributed by atoms with Gasteiger partial charge in [-0.2, -0.15) is 0 Å². The highest BCUT2D eigenvalue weighted by atomic mass is 16.4. The van der Waals surface area contributed by atoms with Crippen molar-refractivity contribution in [1.82, 2.24) is 4.98 Å². The molecule has 1 aliphatic rings. The summed E-state index contributed by atoms with van der Waals surface area (Å²) in [5, 5.41) is 9.49. The average molecular weight is 219 g/mol. The molecule has 0 saturated heterocycles. The Bertz CT molecular complexity index is 395. The fraction of sp³-hybridized carbons (Fsp3) is 0.538. The van der Waals surface area contributed by atoms with Crippen molar-refractivity contribution in [2.75, 3.05) is 0 Å². The van der Waals surface area contributed by atoms with Crippen LogP contribution in [0.4, 0.5) is 0 Å². The number of aromatic nitrogens is 1. The highest BCUT2D eigenvalue weighted by Crippen LogP contribution is 2.38. The van der Waals surface area contributed by atoms with Gasteiger partial charge < -0.3 is 5.11 Å². The van der Waals surface area contributed by atoms with Crippen LogP contribution in [0.1, 0.15) is 43.5 Å². The number of nitrogens with zero attached hydrogens (tertiary/aromatic N) is 1. The summed E-state index contributed by atoms with van der Waals surface area (Å²) < 4.78 is 0. The van der Waals surface area contributed by atoms with Gasteiger partial charge in [-0.3, -0.25) is 9.78 Å². The van der Waals surface area contributed by atoms with Crippen LogP contribution in [0, 0.1) is 6.92 Å². The lowest BCUT2D eigenvalue weighted by Crippen LogP contribution is -2.38. The van der Waals surface area contributed by atoms with Gasteiger partial charge in [0.1, 0.15) is 5.41 Å². The van der Waals surface area contributed by atoms with E-state index in [-0.39, 0.29) is 0 Å². The number of aryl methyl sites for hydroxylation is 1. The van der Waals surface area contributed by atoms with Crippen molar-refractivity contribution in [3.63, 3.8) is 0 Å². The molecule has 1 aromatic rings. The Labute approximate surface area is 95.5 Å². The second-order valence-corrected chi connectivity index (χ2v) is 4.61. The number of aliphatic carboxylic acids is 1. The fourth-order valence-electron chi connectivity index (χ4n) is 2.54. The summed E-state index contributed by atoms with van der Waals surface area (Å²) in [4.78, 5) is 16.0. The van der Waals surface area contributed by atoms with Crippen molar-refractivity contribution in [1.29, 1.82) is 0 Å². The zero-order valence-electron chi connectivity index (χ0n) is 9.57. The minimum absolute atomic E-state index is 0.717. The van der Waals surface area contributed by atoms with E-state index in [4.69, 9.17) is 0 Å². The lowest BCUT2D eigenvalue weighted by Gasteiger charge is -2.32. The molecule has 0 aromatic carbocycles. The van der Waals surface area contributed by atoms with E-state index in [9.17, 15) is 9.90 Å². The van der Waals surface area contributed by atoms with Crippen molar-refractivity contribution in [2.24, 2.45) is 0 Å². The first-order chi connectivity index (χ1) is 7.65. The lowest BCUT2D eigenvalue weighted by atomic mass is 9.71. The molecule has 0 atom stereocenters. The van der Waals surface area contributed by atoms with Crippen LogP contribution >= 0.6 is 0 Å². The third kappa shape index (κ3) is 1.82. The molecule has 1 aliphatic carbocycles. The molecule has 1 N–H and O–H groups in total. The molecule has 86 valence electrons. The molecule has 2 rings (SSSR count). The summed E-state index contributed by atoms with van der Waals surface area (Å²) in [6.07, 6.45) is 4.56. The van der Waals surface area contributed by atoms with Gasteiger partial charge in [-0.05, 0) is 31.9 Å². The molecule has 0 radical (unpaired) electrons. The number of pyridine rings is 1. The molecule has 1 heterocycles. The molecule has 16 heavy (non-hydrogen) atoms. The maximum absolute atomic E-state index is 11.5. The van der Waals surface area contributed by atoms with Crippen molar-refractivity contribution in [3.05, 3.63) is 29.6 Å². The van der Waals surface area contributed by atoms with Crippen LogP contribution in [0.25, 0.3) is 0 Å². The van der Waals surface area contributed by atoms with Gasteiger partial charge in [0.05, 0.1) is 5.69 Å². The maximum Gasteiger partial charge on any atom is 0.315 e. The molecular formula is C13H17NO2. The van der Waals surface area contributed by atoms with Crippen LogP contribution in [0.15, 0.2) is 18.2 Å². The Hall–Kier alpha value is -1.38. The smallest absolute Gasteiger partial charge is 0.315 e. The van der Waals surface area contributed by atoms with E-state index in [0.717, 1.165) is 43.5 Å². The van der Waals surface area contributed by atoms with Crippen LogP contribution in [0.2, 0.25) is 0 Å². The first kappa shape index (κ1) is 11.1. The van der Waals surface area contributed by atoms with E-state index in [1.807, 2.05) is 25.1 Å². The maximum atomic E-state index is 11.5. The first-order valence-electron chi connectivity index (χ1n) is 5.83. The predicted molar refractivity (Wildman–Crippen MR) is 61.4 cm³/mol. The summed E-state index contributed by atoms with van der Waals surface area (Å²) in [6.45, 7) is 1.90. The molecule has 0 amide bonds. The molecule has 1 saturated carbocycles. The zero-order valence-corrected chi connectivity index (χ0v) is 9.57. The van der Waals surface area contributed by atoms with E-state index in [0.29, 0.717) is 0 Å². The second kappa shape index (κ2) is 4.24. The molecule has 3 heteroatoms. The zero-order chi connectivity index (χ0) is 11.6. The Balaban J connectivity index is 2.42. The van der Waals surface area contributed by atoms with Gasteiger partial charge in [0.2, 0.25) is 0 Å². The van der Waals surface area contributed by atoms with Gasteiger partial charge in [0.25, 0.3) is 0 Å². The Kier molecular flexibility index (Phi) is 2.95. The summed E-state index contributed by atoms with van der Waals surface area (Å²) in [5.74, 6) is -0.717. The third-order valence-corrected chi connectivity index (χ3v) is 3.50. The van der Waals surface area contributed by atoms with Crippen LogP contribution in [0.5, 0.6) is 0 Å². The lowest BCUT2D eigenvalue weighted by molar-refractivity contribution is -0.145. The quantitative estimate of drug-likeness (QED) is 0.832. The summed E-state index contributed by atoms with van der Waals surface area (Å²) in [6, 6.07) is 5.66. The fourth-order valence-corrected chi connectivity index (χ4v) is 2.54. The first-order valence-corrected chi connectivity index (χ1v) is 5.83. The van der Waals surface area contributed by atoms with Crippen molar-refractivity contribution in [3.8, 4) is 0 Å². The molecule has 0 bridgehead atoms. The molecular weight excluding hydrogens is 202 g/mol.